The number of likely N-dealkylation sites (tertiary alicyclic amines) is 1. The summed E-state index contributed by atoms with van der Waals surface area (Å²) in [6.07, 6.45) is 3.87. The molecule has 1 aliphatic rings. The minimum Gasteiger partial charge on any atom is -0.393 e. The number of nitrogens with zero attached hydrogens (tertiary/aromatic N) is 1. The molecule has 1 aliphatic heterocycles. The number of rotatable bonds is 4. The molecule has 0 bridgehead atoms. The molecule has 0 aromatic heterocycles. The molecule has 1 fully saturated rings. The summed E-state index contributed by atoms with van der Waals surface area (Å²) in [5, 5.41) is 9.99. The maximum Gasteiger partial charge on any atom is 0.129 e. The summed E-state index contributed by atoms with van der Waals surface area (Å²) < 4.78 is 13.8. The molecule has 2 unspecified atom stereocenters. The summed E-state index contributed by atoms with van der Waals surface area (Å²) in [5.41, 5.74) is 0.682. The minimum absolute atomic E-state index is 0.242. The van der Waals surface area contributed by atoms with Crippen molar-refractivity contribution in [2.75, 3.05) is 6.54 Å². The van der Waals surface area contributed by atoms with E-state index in [0.29, 0.717) is 23.2 Å². The number of aliphatic hydroxyl groups excluding tert-OH is 1. The van der Waals surface area contributed by atoms with Gasteiger partial charge in [0.2, 0.25) is 0 Å². The first-order valence-corrected chi connectivity index (χ1v) is 7.30. The van der Waals surface area contributed by atoms with Crippen LogP contribution in [-0.2, 0) is 6.54 Å². The first-order chi connectivity index (χ1) is 9.06. The Morgan fingerprint density at radius 1 is 1.47 bits per heavy atom. The van der Waals surface area contributed by atoms with Gasteiger partial charge in [0.25, 0.3) is 0 Å². The quantitative estimate of drug-likeness (QED) is 0.914. The smallest absolute Gasteiger partial charge is 0.129 e. The van der Waals surface area contributed by atoms with Crippen LogP contribution in [0.4, 0.5) is 4.39 Å². The number of halogens is 2. The number of hydrogen-bond acceptors (Lipinski definition) is 2. The summed E-state index contributed by atoms with van der Waals surface area (Å²) in [7, 11) is 0. The Morgan fingerprint density at radius 3 is 2.95 bits per heavy atom. The molecule has 19 heavy (non-hydrogen) atoms. The molecule has 2 rings (SSSR count). The van der Waals surface area contributed by atoms with Gasteiger partial charge in [-0.25, -0.2) is 4.39 Å². The summed E-state index contributed by atoms with van der Waals surface area (Å²) in [6, 6.07) is 5.20. The number of aliphatic hydroxyl groups is 1. The van der Waals surface area contributed by atoms with Gasteiger partial charge < -0.3 is 5.11 Å². The van der Waals surface area contributed by atoms with Gasteiger partial charge in [-0.05, 0) is 44.9 Å². The van der Waals surface area contributed by atoms with Crippen LogP contribution in [0.25, 0.3) is 0 Å². The Bertz CT molecular complexity index is 425. The summed E-state index contributed by atoms with van der Waals surface area (Å²) >= 11 is 5.77. The predicted molar refractivity (Wildman–Crippen MR) is 75.8 cm³/mol. The first kappa shape index (κ1) is 14.8. The van der Waals surface area contributed by atoms with E-state index >= 15 is 0 Å². The van der Waals surface area contributed by atoms with Crippen LogP contribution in [0.5, 0.6) is 0 Å². The fraction of sp³-hybridized carbons (Fsp3) is 0.600. The molecule has 106 valence electrons. The lowest BCUT2D eigenvalue weighted by molar-refractivity contribution is 0.0810. The average molecular weight is 286 g/mol. The fourth-order valence-corrected chi connectivity index (χ4v) is 2.96. The molecule has 1 aromatic carbocycles. The van der Waals surface area contributed by atoms with Crippen molar-refractivity contribution in [2.45, 2.75) is 51.3 Å². The molecule has 4 heteroatoms. The third kappa shape index (κ3) is 4.16. The summed E-state index contributed by atoms with van der Waals surface area (Å²) in [4.78, 5) is 2.28. The van der Waals surface area contributed by atoms with Crippen molar-refractivity contribution in [3.8, 4) is 0 Å². The molecule has 0 spiro atoms. The van der Waals surface area contributed by atoms with E-state index in [2.05, 4.69) is 4.90 Å². The van der Waals surface area contributed by atoms with Crippen LogP contribution < -0.4 is 0 Å². The van der Waals surface area contributed by atoms with Crippen LogP contribution in [0.3, 0.4) is 0 Å². The average Bonchev–Trinajstić information content (AvgIpc) is 2.34. The van der Waals surface area contributed by atoms with Crippen LogP contribution >= 0.6 is 11.6 Å². The van der Waals surface area contributed by atoms with Crippen molar-refractivity contribution >= 4 is 11.6 Å². The van der Waals surface area contributed by atoms with Gasteiger partial charge in [0.15, 0.2) is 0 Å². The lowest BCUT2D eigenvalue weighted by Gasteiger charge is -2.36. The highest BCUT2D eigenvalue weighted by Crippen LogP contribution is 2.24. The molecule has 1 saturated heterocycles. The van der Waals surface area contributed by atoms with Crippen LogP contribution in [0.15, 0.2) is 18.2 Å². The third-order valence-corrected chi connectivity index (χ3v) is 3.99. The molecular weight excluding hydrogens is 265 g/mol. The molecule has 1 aromatic rings. The number of hydrogen-bond donors (Lipinski definition) is 1. The topological polar surface area (TPSA) is 23.5 Å². The van der Waals surface area contributed by atoms with E-state index in [4.69, 9.17) is 11.6 Å². The van der Waals surface area contributed by atoms with Gasteiger partial charge in [0.1, 0.15) is 5.82 Å². The molecule has 2 atom stereocenters. The molecular formula is C15H21ClFNO. The third-order valence-electron chi connectivity index (χ3n) is 3.75. The van der Waals surface area contributed by atoms with Gasteiger partial charge in [-0.15, -0.1) is 0 Å². The number of piperidine rings is 1. The fourth-order valence-electron chi connectivity index (χ4n) is 2.80. The van der Waals surface area contributed by atoms with E-state index < -0.39 is 0 Å². The Labute approximate surface area is 119 Å². The highest BCUT2D eigenvalue weighted by Gasteiger charge is 2.24. The molecule has 0 radical (unpaired) electrons. The highest BCUT2D eigenvalue weighted by molar-refractivity contribution is 6.30. The summed E-state index contributed by atoms with van der Waals surface area (Å²) in [5.74, 6) is -0.242. The molecule has 1 N–H and O–H groups in total. The van der Waals surface area contributed by atoms with Crippen molar-refractivity contribution in [1.29, 1.82) is 0 Å². The van der Waals surface area contributed by atoms with Crippen LogP contribution in [0.2, 0.25) is 5.02 Å². The van der Waals surface area contributed by atoms with Crippen LogP contribution in [0.1, 0.15) is 38.2 Å². The lowest BCUT2D eigenvalue weighted by atomic mass is 9.96. The number of benzene rings is 1. The Kier molecular flexibility index (Phi) is 5.20. The van der Waals surface area contributed by atoms with E-state index in [9.17, 15) is 9.50 Å². The summed E-state index contributed by atoms with van der Waals surface area (Å²) in [6.45, 7) is 3.38. The van der Waals surface area contributed by atoms with E-state index in [0.717, 1.165) is 25.8 Å². The zero-order chi connectivity index (χ0) is 13.8. The normalized spacial score (nSPS) is 22.4. The Hall–Kier alpha value is -0.640. The highest BCUT2D eigenvalue weighted by atomic mass is 35.5. The molecule has 0 amide bonds. The van der Waals surface area contributed by atoms with Crippen molar-refractivity contribution in [2.24, 2.45) is 0 Å². The van der Waals surface area contributed by atoms with E-state index in [1.54, 1.807) is 12.1 Å². The standard InChI is InChI=1S/C15H21ClFNO/c1-11(19)8-14-4-2-3-7-18(14)10-12-5-6-13(16)9-15(12)17/h5-6,9,11,14,19H,2-4,7-8,10H2,1H3. The largest absolute Gasteiger partial charge is 0.393 e. The van der Waals surface area contributed by atoms with Crippen LogP contribution in [0, 0.1) is 5.82 Å². The monoisotopic (exact) mass is 285 g/mol. The molecule has 1 heterocycles. The van der Waals surface area contributed by atoms with E-state index in [1.807, 2.05) is 6.92 Å². The Morgan fingerprint density at radius 2 is 2.26 bits per heavy atom. The molecule has 0 saturated carbocycles. The van der Waals surface area contributed by atoms with Gasteiger partial charge in [0, 0.05) is 23.2 Å². The van der Waals surface area contributed by atoms with Gasteiger partial charge in [-0.2, -0.15) is 0 Å². The van der Waals surface area contributed by atoms with Crippen LogP contribution in [-0.4, -0.2) is 28.7 Å². The van der Waals surface area contributed by atoms with E-state index in [1.165, 1.54) is 12.5 Å². The predicted octanol–water partition coefficient (Wildman–Crippen LogP) is 3.60. The van der Waals surface area contributed by atoms with Crippen molar-refractivity contribution in [3.63, 3.8) is 0 Å². The zero-order valence-electron chi connectivity index (χ0n) is 11.3. The van der Waals surface area contributed by atoms with E-state index in [-0.39, 0.29) is 11.9 Å². The second-order valence-electron chi connectivity index (χ2n) is 5.44. The Balaban J connectivity index is 2.06. The van der Waals surface area contributed by atoms with Crippen molar-refractivity contribution in [1.82, 2.24) is 4.90 Å². The zero-order valence-corrected chi connectivity index (χ0v) is 12.0. The minimum atomic E-state index is -0.305. The first-order valence-electron chi connectivity index (χ1n) is 6.92. The van der Waals surface area contributed by atoms with Gasteiger partial charge in [0.05, 0.1) is 6.10 Å². The second-order valence-corrected chi connectivity index (χ2v) is 5.88. The lowest BCUT2D eigenvalue weighted by Crippen LogP contribution is -2.40. The maximum absolute atomic E-state index is 13.8. The maximum atomic E-state index is 13.8. The van der Waals surface area contributed by atoms with Crippen molar-refractivity contribution in [3.05, 3.63) is 34.6 Å². The second kappa shape index (κ2) is 6.69. The molecule has 2 nitrogen and oxygen atoms in total. The van der Waals surface area contributed by atoms with Crippen molar-refractivity contribution < 1.29 is 9.50 Å². The van der Waals surface area contributed by atoms with Gasteiger partial charge in [-0.3, -0.25) is 4.90 Å². The van der Waals surface area contributed by atoms with Gasteiger partial charge in [-0.1, -0.05) is 24.1 Å². The van der Waals surface area contributed by atoms with Gasteiger partial charge >= 0.3 is 0 Å². The molecule has 0 aliphatic carbocycles. The SMILES string of the molecule is CC(O)CC1CCCCN1Cc1ccc(Cl)cc1F.